The van der Waals surface area contributed by atoms with Crippen LogP contribution >= 0.6 is 0 Å². The van der Waals surface area contributed by atoms with Crippen molar-refractivity contribution in [3.63, 3.8) is 0 Å². The molecule has 0 saturated carbocycles. The second-order valence-electron chi connectivity index (χ2n) is 7.58. The van der Waals surface area contributed by atoms with Gasteiger partial charge < -0.3 is 10.2 Å². The molecule has 0 bridgehead atoms. The van der Waals surface area contributed by atoms with Crippen molar-refractivity contribution in [3.05, 3.63) is 59.7 Å². The lowest BCUT2D eigenvalue weighted by atomic mass is 10.2. The van der Waals surface area contributed by atoms with Crippen LogP contribution < -0.4 is 0 Å². The Morgan fingerprint density at radius 1 is 0.633 bits per heavy atom. The van der Waals surface area contributed by atoms with Gasteiger partial charge in [0.15, 0.2) is 0 Å². The Bertz CT molecular complexity index is 982. The van der Waals surface area contributed by atoms with Crippen molar-refractivity contribution in [2.45, 2.75) is 35.8 Å². The van der Waals surface area contributed by atoms with Gasteiger partial charge in [0, 0.05) is 26.2 Å². The van der Waals surface area contributed by atoms with Crippen molar-refractivity contribution >= 4 is 20.0 Å². The zero-order valence-electron chi connectivity index (χ0n) is 16.8. The summed E-state index contributed by atoms with van der Waals surface area (Å²) >= 11 is 0. The summed E-state index contributed by atoms with van der Waals surface area (Å²) in [6.07, 6.45) is -2.50. The summed E-state index contributed by atoms with van der Waals surface area (Å²) in [4.78, 5) is 0.106. The quantitative estimate of drug-likeness (QED) is 0.704. The number of β-amino-alcohol motifs (C(OH)–C–C–N with tert-alkyl or cyclic N) is 2. The molecule has 2 aromatic rings. The molecule has 2 N–H and O–H groups in total. The number of nitrogens with zero attached hydrogens (tertiary/aromatic N) is 2. The molecule has 1 aliphatic heterocycles. The fraction of sp³-hybridized carbons (Fsp3) is 0.400. The molecule has 1 saturated heterocycles. The maximum atomic E-state index is 13.0. The molecular weight excluding hydrogens is 428 g/mol. The van der Waals surface area contributed by atoms with E-state index in [0.717, 1.165) is 19.7 Å². The standard InChI is InChI=1S/C20H26N2O6S2/c1-15-3-7-19(8-4-15)29(25,26)21-11-17(23)13-22(14-18(24)12-21)30(27,28)20-9-5-16(2)6-10-20/h3-10,17-18,23-24H,11-14H2,1-2H3. The first kappa shape index (κ1) is 22.9. The molecule has 164 valence electrons. The van der Waals surface area contributed by atoms with E-state index >= 15 is 0 Å². The van der Waals surface area contributed by atoms with Crippen LogP contribution in [-0.2, 0) is 20.0 Å². The molecule has 30 heavy (non-hydrogen) atoms. The molecule has 10 heteroatoms. The van der Waals surface area contributed by atoms with E-state index in [1.54, 1.807) is 24.3 Å². The molecule has 0 spiro atoms. The SMILES string of the molecule is Cc1ccc(S(=O)(=O)N2CC(O)CN(S(=O)(=O)c3ccc(C)cc3)CC(O)C2)cc1. The van der Waals surface area contributed by atoms with Crippen molar-refractivity contribution in [1.29, 1.82) is 0 Å². The molecule has 3 rings (SSSR count). The smallest absolute Gasteiger partial charge is 0.243 e. The van der Waals surface area contributed by atoms with Crippen molar-refractivity contribution < 1.29 is 27.0 Å². The van der Waals surface area contributed by atoms with Gasteiger partial charge in [0.05, 0.1) is 22.0 Å². The monoisotopic (exact) mass is 454 g/mol. The molecule has 8 nitrogen and oxygen atoms in total. The van der Waals surface area contributed by atoms with Crippen LogP contribution in [0.1, 0.15) is 11.1 Å². The first-order valence-corrected chi connectivity index (χ1v) is 12.4. The normalized spacial score (nSPS) is 22.4. The molecule has 0 atom stereocenters. The van der Waals surface area contributed by atoms with Gasteiger partial charge in [-0.05, 0) is 38.1 Å². The van der Waals surface area contributed by atoms with Crippen molar-refractivity contribution in [1.82, 2.24) is 8.61 Å². The summed E-state index contributed by atoms with van der Waals surface area (Å²) in [7, 11) is -7.90. The van der Waals surface area contributed by atoms with Gasteiger partial charge in [0.1, 0.15) is 0 Å². The maximum Gasteiger partial charge on any atom is 0.243 e. The molecule has 2 aromatic carbocycles. The van der Waals surface area contributed by atoms with Crippen LogP contribution in [0, 0.1) is 13.8 Å². The zero-order chi connectivity index (χ0) is 22.1. The summed E-state index contributed by atoms with van der Waals surface area (Å²) < 4.78 is 53.8. The molecule has 1 heterocycles. The molecule has 0 unspecified atom stereocenters. The summed E-state index contributed by atoms with van der Waals surface area (Å²) in [6, 6.07) is 12.5. The largest absolute Gasteiger partial charge is 0.390 e. The minimum absolute atomic E-state index is 0.0530. The first-order chi connectivity index (χ1) is 14.0. The summed E-state index contributed by atoms with van der Waals surface area (Å²) in [5, 5.41) is 20.9. The van der Waals surface area contributed by atoms with Gasteiger partial charge >= 0.3 is 0 Å². The van der Waals surface area contributed by atoms with Crippen LogP contribution in [-0.4, -0.2) is 74.0 Å². The van der Waals surface area contributed by atoms with Gasteiger partial charge in [-0.1, -0.05) is 35.4 Å². The van der Waals surface area contributed by atoms with Gasteiger partial charge in [-0.15, -0.1) is 0 Å². The highest BCUT2D eigenvalue weighted by Crippen LogP contribution is 2.22. The van der Waals surface area contributed by atoms with E-state index in [4.69, 9.17) is 0 Å². The summed E-state index contributed by atoms with van der Waals surface area (Å²) in [5.74, 6) is 0. The Hall–Kier alpha value is -1.82. The summed E-state index contributed by atoms with van der Waals surface area (Å²) in [5.41, 5.74) is 1.80. The predicted octanol–water partition coefficient (Wildman–Crippen LogP) is 0.720. The fourth-order valence-electron chi connectivity index (χ4n) is 3.32. The third kappa shape index (κ3) is 4.90. The van der Waals surface area contributed by atoms with E-state index in [9.17, 15) is 27.0 Å². The second kappa shape index (κ2) is 8.74. The number of aryl methyl sites for hydroxylation is 2. The Morgan fingerprint density at radius 3 is 1.17 bits per heavy atom. The molecule has 0 aliphatic carbocycles. The lowest BCUT2D eigenvalue weighted by Crippen LogP contribution is -2.53. The zero-order valence-corrected chi connectivity index (χ0v) is 18.5. The lowest BCUT2D eigenvalue weighted by Gasteiger charge is -2.34. The number of sulfonamides is 2. The van der Waals surface area contributed by atoms with Crippen molar-refractivity contribution in [2.24, 2.45) is 0 Å². The van der Waals surface area contributed by atoms with Crippen LogP contribution in [0.25, 0.3) is 0 Å². The highest BCUT2D eigenvalue weighted by atomic mass is 32.2. The van der Waals surface area contributed by atoms with Gasteiger partial charge in [-0.3, -0.25) is 0 Å². The molecule has 0 aromatic heterocycles. The van der Waals surface area contributed by atoms with Crippen molar-refractivity contribution in [2.75, 3.05) is 26.2 Å². The van der Waals surface area contributed by atoms with E-state index in [1.807, 2.05) is 13.8 Å². The predicted molar refractivity (Wildman–Crippen MR) is 112 cm³/mol. The minimum Gasteiger partial charge on any atom is -0.390 e. The third-order valence-electron chi connectivity index (χ3n) is 4.98. The van der Waals surface area contributed by atoms with E-state index in [0.29, 0.717) is 0 Å². The molecule has 0 radical (unpaired) electrons. The van der Waals surface area contributed by atoms with Crippen LogP contribution in [0.5, 0.6) is 0 Å². The first-order valence-electron chi connectivity index (χ1n) is 9.50. The van der Waals surface area contributed by atoms with E-state index in [-0.39, 0.29) is 36.0 Å². The van der Waals surface area contributed by atoms with Crippen molar-refractivity contribution in [3.8, 4) is 0 Å². The average Bonchev–Trinajstić information content (AvgIpc) is 2.66. The Morgan fingerprint density at radius 2 is 0.900 bits per heavy atom. The molecule has 1 fully saturated rings. The van der Waals surface area contributed by atoms with Gasteiger partial charge in [-0.2, -0.15) is 8.61 Å². The number of hydrogen-bond acceptors (Lipinski definition) is 6. The number of benzene rings is 2. The maximum absolute atomic E-state index is 13.0. The topological polar surface area (TPSA) is 115 Å². The van der Waals surface area contributed by atoms with E-state index in [1.165, 1.54) is 24.3 Å². The van der Waals surface area contributed by atoms with Gasteiger partial charge in [0.2, 0.25) is 20.0 Å². The van der Waals surface area contributed by atoms with Gasteiger partial charge in [0.25, 0.3) is 0 Å². The molecular formula is C20H26N2O6S2. The molecule has 1 aliphatic rings. The van der Waals surface area contributed by atoms with Crippen LogP contribution in [0.2, 0.25) is 0 Å². The summed E-state index contributed by atoms with van der Waals surface area (Å²) in [6.45, 7) is 2.37. The van der Waals surface area contributed by atoms with E-state index in [2.05, 4.69) is 0 Å². The highest BCUT2D eigenvalue weighted by molar-refractivity contribution is 7.89. The number of aliphatic hydroxyl groups is 2. The number of rotatable bonds is 4. The van der Waals surface area contributed by atoms with E-state index < -0.39 is 32.3 Å². The number of aliphatic hydroxyl groups excluding tert-OH is 2. The Kier molecular flexibility index (Phi) is 6.66. The van der Waals surface area contributed by atoms with Crippen LogP contribution in [0.4, 0.5) is 0 Å². The highest BCUT2D eigenvalue weighted by Gasteiger charge is 2.36. The van der Waals surface area contributed by atoms with Gasteiger partial charge in [-0.25, -0.2) is 16.8 Å². The number of hydrogen-bond donors (Lipinski definition) is 2. The Balaban J connectivity index is 1.84. The second-order valence-corrected chi connectivity index (χ2v) is 11.5. The van der Waals surface area contributed by atoms with Crippen LogP contribution in [0.15, 0.2) is 58.3 Å². The lowest BCUT2D eigenvalue weighted by molar-refractivity contribution is 0.0548. The fourth-order valence-corrected chi connectivity index (χ4v) is 6.35. The third-order valence-corrected chi connectivity index (χ3v) is 8.67. The Labute approximate surface area is 177 Å². The van der Waals surface area contributed by atoms with Crippen LogP contribution in [0.3, 0.4) is 0 Å². The molecule has 0 amide bonds. The minimum atomic E-state index is -3.95. The average molecular weight is 455 g/mol.